The highest BCUT2D eigenvalue weighted by molar-refractivity contribution is 7.91. The van der Waals surface area contributed by atoms with Crippen LogP contribution >= 0.6 is 11.6 Å². The van der Waals surface area contributed by atoms with Gasteiger partial charge in [0.15, 0.2) is 9.84 Å². The highest BCUT2D eigenvalue weighted by Gasteiger charge is 2.19. The van der Waals surface area contributed by atoms with Gasteiger partial charge in [0.05, 0.1) is 15.6 Å². The third-order valence-corrected chi connectivity index (χ3v) is 4.33. The van der Waals surface area contributed by atoms with E-state index in [0.29, 0.717) is 5.56 Å². The Morgan fingerprint density at radius 1 is 1.44 bits per heavy atom. The Morgan fingerprint density at radius 3 is 2.56 bits per heavy atom. The van der Waals surface area contributed by atoms with E-state index in [1.165, 1.54) is 12.1 Å². The van der Waals surface area contributed by atoms with Gasteiger partial charge in [-0.25, -0.2) is 8.42 Å². The smallest absolute Gasteiger partial charge is 0.258 e. The van der Waals surface area contributed by atoms with Crippen LogP contribution in [0.4, 0.5) is 5.69 Å². The number of benzene rings is 1. The second kappa shape index (κ2) is 4.80. The molecule has 0 saturated heterocycles. The molecule has 0 fully saturated rings. The minimum atomic E-state index is -3.53. The number of aryl methyl sites for hydroxylation is 1. The molecule has 88 valence electrons. The van der Waals surface area contributed by atoms with Crippen molar-refractivity contribution in [3.63, 3.8) is 0 Å². The molecule has 0 aromatic heterocycles. The lowest BCUT2D eigenvalue weighted by atomic mass is 10.2. The van der Waals surface area contributed by atoms with Gasteiger partial charge in [-0.3, -0.25) is 10.1 Å². The number of hydrogen-bond acceptors (Lipinski definition) is 4. The lowest BCUT2D eigenvalue weighted by Crippen LogP contribution is -2.10. The Hall–Kier alpha value is -1.14. The summed E-state index contributed by atoms with van der Waals surface area (Å²) in [7, 11) is -3.53. The number of hydrogen-bond donors (Lipinski definition) is 0. The number of rotatable bonds is 4. The van der Waals surface area contributed by atoms with E-state index in [0.717, 1.165) is 6.07 Å². The average molecular weight is 264 g/mol. The van der Waals surface area contributed by atoms with E-state index in [4.69, 9.17) is 11.6 Å². The van der Waals surface area contributed by atoms with E-state index in [-0.39, 0.29) is 22.2 Å². The molecule has 0 unspecified atom stereocenters. The first-order chi connectivity index (χ1) is 7.38. The number of halogens is 1. The molecule has 0 atom stereocenters. The van der Waals surface area contributed by atoms with E-state index < -0.39 is 14.8 Å². The van der Waals surface area contributed by atoms with Crippen molar-refractivity contribution < 1.29 is 13.3 Å². The molecule has 1 rings (SSSR count). The zero-order chi connectivity index (χ0) is 12.3. The first-order valence-corrected chi connectivity index (χ1v) is 6.61. The lowest BCUT2D eigenvalue weighted by molar-refractivity contribution is -0.385. The topological polar surface area (TPSA) is 77.3 Å². The van der Waals surface area contributed by atoms with E-state index in [1.807, 2.05) is 0 Å². The summed E-state index contributed by atoms with van der Waals surface area (Å²) in [5, 5.41) is 10.5. The van der Waals surface area contributed by atoms with Gasteiger partial charge in [0.25, 0.3) is 5.69 Å². The molecule has 0 radical (unpaired) electrons. The van der Waals surface area contributed by atoms with E-state index in [2.05, 4.69) is 0 Å². The summed E-state index contributed by atoms with van der Waals surface area (Å²) >= 11 is 5.38. The largest absolute Gasteiger partial charge is 0.270 e. The fourth-order valence-corrected chi connectivity index (χ4v) is 3.14. The molecule has 0 bridgehead atoms. The van der Waals surface area contributed by atoms with Crippen molar-refractivity contribution in [3.8, 4) is 0 Å². The summed E-state index contributed by atoms with van der Waals surface area (Å²) in [4.78, 5) is 9.88. The van der Waals surface area contributed by atoms with Gasteiger partial charge in [-0.15, -0.1) is 11.6 Å². The van der Waals surface area contributed by atoms with Gasteiger partial charge < -0.3 is 0 Å². The quantitative estimate of drug-likeness (QED) is 0.472. The molecule has 16 heavy (non-hydrogen) atoms. The predicted molar refractivity (Wildman–Crippen MR) is 60.6 cm³/mol. The Kier molecular flexibility index (Phi) is 3.88. The van der Waals surface area contributed by atoms with Crippen LogP contribution < -0.4 is 0 Å². The molecule has 1 aromatic carbocycles. The number of sulfone groups is 1. The lowest BCUT2D eigenvalue weighted by Gasteiger charge is -2.05. The number of nitro benzene ring substituents is 1. The molecule has 0 aliphatic carbocycles. The second-order valence-corrected chi connectivity index (χ2v) is 5.67. The Morgan fingerprint density at radius 2 is 2.06 bits per heavy atom. The van der Waals surface area contributed by atoms with Crippen LogP contribution in [-0.4, -0.2) is 25.0 Å². The first-order valence-electron chi connectivity index (χ1n) is 4.42. The summed E-state index contributed by atoms with van der Waals surface area (Å²) < 4.78 is 23.4. The van der Waals surface area contributed by atoms with Crippen LogP contribution in [0.2, 0.25) is 0 Å². The average Bonchev–Trinajstić information content (AvgIpc) is 2.17. The van der Waals surface area contributed by atoms with Crippen molar-refractivity contribution in [2.75, 3.05) is 11.6 Å². The van der Waals surface area contributed by atoms with E-state index >= 15 is 0 Å². The zero-order valence-electron chi connectivity index (χ0n) is 8.51. The van der Waals surface area contributed by atoms with Crippen LogP contribution in [-0.2, 0) is 9.84 Å². The number of non-ortho nitro benzene ring substituents is 1. The minimum absolute atomic E-state index is 0.0256. The summed E-state index contributed by atoms with van der Waals surface area (Å²) in [5.41, 5.74) is 0.245. The van der Waals surface area contributed by atoms with Crippen LogP contribution in [0.15, 0.2) is 23.1 Å². The van der Waals surface area contributed by atoms with Crippen LogP contribution in [0, 0.1) is 17.0 Å². The van der Waals surface area contributed by atoms with Crippen LogP contribution in [0.3, 0.4) is 0 Å². The van der Waals surface area contributed by atoms with Gasteiger partial charge in [-0.2, -0.15) is 0 Å². The molecular formula is C9H10ClNO4S. The first kappa shape index (κ1) is 12.9. The molecule has 7 heteroatoms. The maximum absolute atomic E-state index is 11.7. The van der Waals surface area contributed by atoms with Crippen molar-refractivity contribution in [2.24, 2.45) is 0 Å². The Balaban J connectivity index is 3.33. The molecule has 0 heterocycles. The minimum Gasteiger partial charge on any atom is -0.258 e. The summed E-state index contributed by atoms with van der Waals surface area (Å²) in [6.45, 7) is 1.59. The van der Waals surface area contributed by atoms with Crippen molar-refractivity contribution in [1.29, 1.82) is 0 Å². The predicted octanol–water partition coefficient (Wildman–Crippen LogP) is 1.92. The Bertz CT molecular complexity index is 512. The summed E-state index contributed by atoms with van der Waals surface area (Å²) in [5.74, 6) is -0.263. The number of nitrogens with zero attached hydrogens (tertiary/aromatic N) is 1. The monoisotopic (exact) mass is 263 g/mol. The van der Waals surface area contributed by atoms with Crippen molar-refractivity contribution in [3.05, 3.63) is 33.9 Å². The molecule has 0 aliphatic heterocycles. The number of nitro groups is 1. The van der Waals surface area contributed by atoms with Crippen molar-refractivity contribution in [2.45, 2.75) is 11.8 Å². The summed E-state index contributed by atoms with van der Waals surface area (Å²) in [6.07, 6.45) is 0. The van der Waals surface area contributed by atoms with Crippen LogP contribution in [0.25, 0.3) is 0 Å². The van der Waals surface area contributed by atoms with Gasteiger partial charge >= 0.3 is 0 Å². The van der Waals surface area contributed by atoms with Crippen molar-refractivity contribution >= 4 is 27.1 Å². The van der Waals surface area contributed by atoms with Crippen LogP contribution in [0.1, 0.15) is 5.56 Å². The van der Waals surface area contributed by atoms with Crippen LogP contribution in [0.5, 0.6) is 0 Å². The fraction of sp³-hybridized carbons (Fsp3) is 0.333. The van der Waals surface area contributed by atoms with Gasteiger partial charge in [-0.05, 0) is 12.5 Å². The third kappa shape index (κ3) is 2.70. The van der Waals surface area contributed by atoms with Gasteiger partial charge in [0.2, 0.25) is 0 Å². The molecule has 0 saturated carbocycles. The normalized spacial score (nSPS) is 11.4. The second-order valence-electron chi connectivity index (χ2n) is 3.21. The van der Waals surface area contributed by atoms with E-state index in [9.17, 15) is 18.5 Å². The maximum Gasteiger partial charge on any atom is 0.270 e. The molecule has 0 N–H and O–H groups in total. The molecule has 0 aliphatic rings. The SMILES string of the molecule is Cc1ccc([N+](=O)[O-])cc1S(=O)(=O)CCCl. The molecular weight excluding hydrogens is 254 g/mol. The highest BCUT2D eigenvalue weighted by Crippen LogP contribution is 2.22. The third-order valence-electron chi connectivity index (χ3n) is 2.06. The van der Waals surface area contributed by atoms with Gasteiger partial charge in [0, 0.05) is 18.0 Å². The zero-order valence-corrected chi connectivity index (χ0v) is 10.1. The Labute approximate surface area is 98.1 Å². The highest BCUT2D eigenvalue weighted by atomic mass is 35.5. The molecule has 1 aromatic rings. The number of alkyl halides is 1. The van der Waals surface area contributed by atoms with E-state index in [1.54, 1.807) is 6.92 Å². The summed E-state index contributed by atoms with van der Waals surface area (Å²) in [6, 6.07) is 3.76. The van der Waals surface area contributed by atoms with Gasteiger partial charge in [0.1, 0.15) is 0 Å². The molecule has 0 spiro atoms. The van der Waals surface area contributed by atoms with Gasteiger partial charge in [-0.1, -0.05) is 6.07 Å². The fourth-order valence-electron chi connectivity index (χ4n) is 1.25. The molecule has 0 amide bonds. The maximum atomic E-state index is 11.7. The molecule has 5 nitrogen and oxygen atoms in total. The van der Waals surface area contributed by atoms with Crippen molar-refractivity contribution in [1.82, 2.24) is 0 Å². The standard InChI is InChI=1S/C9H10ClNO4S/c1-7-2-3-8(11(12)13)6-9(7)16(14,15)5-4-10/h2-3,6H,4-5H2,1H3.